The minimum Gasteiger partial charge on any atom is -0.399 e. The molecule has 0 atom stereocenters. The highest BCUT2D eigenvalue weighted by Crippen LogP contribution is 2.24. The zero-order chi connectivity index (χ0) is 9.14. The van der Waals surface area contributed by atoms with E-state index < -0.39 is 0 Å². The second-order valence-electron chi connectivity index (χ2n) is 2.72. The molecule has 2 nitrogen and oxygen atoms in total. The van der Waals surface area contributed by atoms with Crippen LogP contribution < -0.4 is 8.85 Å². The molecule has 0 bridgehead atoms. The number of nitrogen functional groups attached to an aromatic ring is 1. The summed E-state index contributed by atoms with van der Waals surface area (Å²) >= 11 is 2.30. The van der Waals surface area contributed by atoms with E-state index in [1.54, 1.807) is 0 Å². The fourth-order valence-corrected chi connectivity index (χ4v) is 1.66. The van der Waals surface area contributed by atoms with Gasteiger partial charge in [0.15, 0.2) is 0 Å². The van der Waals surface area contributed by atoms with Crippen molar-refractivity contribution in [3.05, 3.63) is 23.8 Å². The maximum Gasteiger partial charge on any atom is 0.0591 e. The van der Waals surface area contributed by atoms with E-state index in [1.807, 2.05) is 12.1 Å². The molecule has 1 aromatic rings. The Kier molecular flexibility index (Phi) is 3.20. The summed E-state index contributed by atoms with van der Waals surface area (Å²) in [6, 6.07) is 5.99. The maximum absolute atomic E-state index is 5.65. The molecule has 0 spiro atoms. The van der Waals surface area contributed by atoms with Crippen molar-refractivity contribution in [2.24, 2.45) is 0 Å². The van der Waals surface area contributed by atoms with Crippen LogP contribution >= 0.6 is 22.9 Å². The van der Waals surface area contributed by atoms with Crippen LogP contribution in [0.4, 0.5) is 11.4 Å². The Morgan fingerprint density at radius 2 is 2.17 bits per heavy atom. The number of benzene rings is 1. The summed E-state index contributed by atoms with van der Waals surface area (Å²) in [5, 5.41) is 0. The third-order valence-corrected chi connectivity index (χ3v) is 2.96. The number of hydrogen-bond acceptors (Lipinski definition) is 2. The minimum atomic E-state index is 0.831. The van der Waals surface area contributed by atoms with Crippen LogP contribution in [0.1, 0.15) is 12.5 Å². The number of anilines is 2. The molecule has 1 aromatic carbocycles. The zero-order valence-electron chi connectivity index (χ0n) is 7.34. The SMILES string of the molecule is CCN(I)c1ccc(N)cc1C. The van der Waals surface area contributed by atoms with Gasteiger partial charge in [0.25, 0.3) is 0 Å². The summed E-state index contributed by atoms with van der Waals surface area (Å²) in [4.78, 5) is 0. The first-order chi connectivity index (χ1) is 5.65. The van der Waals surface area contributed by atoms with Crippen molar-refractivity contribution < 1.29 is 0 Å². The molecule has 0 amide bonds. The second-order valence-corrected chi connectivity index (χ2v) is 3.89. The highest BCUT2D eigenvalue weighted by molar-refractivity contribution is 14.1. The predicted octanol–water partition coefficient (Wildman–Crippen LogP) is 2.75. The topological polar surface area (TPSA) is 29.3 Å². The molecule has 3 heteroatoms. The quantitative estimate of drug-likeness (QED) is 0.511. The fourth-order valence-electron chi connectivity index (χ4n) is 1.12. The number of nitrogens with two attached hydrogens (primary N) is 1. The first-order valence-electron chi connectivity index (χ1n) is 3.94. The van der Waals surface area contributed by atoms with Gasteiger partial charge in [0.2, 0.25) is 0 Å². The van der Waals surface area contributed by atoms with E-state index in [9.17, 15) is 0 Å². The first kappa shape index (κ1) is 9.64. The molecule has 0 aliphatic heterocycles. The van der Waals surface area contributed by atoms with E-state index in [0.29, 0.717) is 0 Å². The number of halogens is 1. The van der Waals surface area contributed by atoms with Crippen molar-refractivity contribution >= 4 is 34.2 Å². The van der Waals surface area contributed by atoms with Crippen LogP contribution in [0, 0.1) is 6.92 Å². The van der Waals surface area contributed by atoms with Crippen LogP contribution in [0.15, 0.2) is 18.2 Å². The van der Waals surface area contributed by atoms with E-state index in [4.69, 9.17) is 5.73 Å². The highest BCUT2D eigenvalue weighted by atomic mass is 127. The summed E-state index contributed by atoms with van der Waals surface area (Å²) in [6.45, 7) is 5.21. The van der Waals surface area contributed by atoms with Crippen molar-refractivity contribution in [2.45, 2.75) is 13.8 Å². The van der Waals surface area contributed by atoms with E-state index >= 15 is 0 Å². The molecule has 0 heterocycles. The maximum atomic E-state index is 5.65. The van der Waals surface area contributed by atoms with Crippen LogP contribution in [-0.2, 0) is 0 Å². The summed E-state index contributed by atoms with van der Waals surface area (Å²) in [6.07, 6.45) is 0. The summed E-state index contributed by atoms with van der Waals surface area (Å²) < 4.78 is 2.17. The van der Waals surface area contributed by atoms with Crippen LogP contribution in [0.25, 0.3) is 0 Å². The Bertz CT molecular complexity index is 273. The van der Waals surface area contributed by atoms with E-state index in [-0.39, 0.29) is 0 Å². The van der Waals surface area contributed by atoms with E-state index in [2.05, 4.69) is 45.9 Å². The number of hydrogen-bond donors (Lipinski definition) is 1. The fraction of sp³-hybridized carbons (Fsp3) is 0.333. The summed E-state index contributed by atoms with van der Waals surface area (Å²) in [5.41, 5.74) is 8.95. The molecular weight excluding hydrogens is 263 g/mol. The molecule has 0 aliphatic rings. The van der Waals surface area contributed by atoms with Gasteiger partial charge in [-0.15, -0.1) is 0 Å². The van der Waals surface area contributed by atoms with Gasteiger partial charge in [-0.25, -0.2) is 0 Å². The van der Waals surface area contributed by atoms with Crippen molar-refractivity contribution in [3.63, 3.8) is 0 Å². The normalized spacial score (nSPS) is 9.92. The standard InChI is InChI=1S/C9H13IN2/c1-3-12(10)9-5-4-8(11)6-7(9)2/h4-6H,3,11H2,1-2H3. The third-order valence-electron chi connectivity index (χ3n) is 1.76. The van der Waals surface area contributed by atoms with Gasteiger partial charge in [0.1, 0.15) is 0 Å². The highest BCUT2D eigenvalue weighted by Gasteiger charge is 2.02. The van der Waals surface area contributed by atoms with Crippen LogP contribution in [-0.4, -0.2) is 6.54 Å². The molecule has 0 fully saturated rings. The van der Waals surface area contributed by atoms with Gasteiger partial charge >= 0.3 is 0 Å². The van der Waals surface area contributed by atoms with Crippen molar-refractivity contribution in [1.29, 1.82) is 0 Å². The van der Waals surface area contributed by atoms with E-state index in [0.717, 1.165) is 12.2 Å². The molecule has 0 aromatic heterocycles. The van der Waals surface area contributed by atoms with Gasteiger partial charge in [-0.2, -0.15) is 0 Å². The Balaban J connectivity index is 3.01. The molecule has 1 rings (SSSR count). The molecule has 0 unspecified atom stereocenters. The predicted molar refractivity (Wildman–Crippen MR) is 62.6 cm³/mol. The van der Waals surface area contributed by atoms with Gasteiger partial charge in [-0.05, 0) is 37.6 Å². The number of rotatable bonds is 2. The lowest BCUT2D eigenvalue weighted by Crippen LogP contribution is -2.08. The van der Waals surface area contributed by atoms with Crippen LogP contribution in [0.3, 0.4) is 0 Å². The van der Waals surface area contributed by atoms with Crippen LogP contribution in [0.5, 0.6) is 0 Å². The lowest BCUT2D eigenvalue weighted by atomic mass is 10.2. The van der Waals surface area contributed by atoms with Gasteiger partial charge < -0.3 is 8.85 Å². The van der Waals surface area contributed by atoms with Crippen molar-refractivity contribution in [2.75, 3.05) is 15.4 Å². The van der Waals surface area contributed by atoms with Gasteiger partial charge in [0, 0.05) is 17.9 Å². The average Bonchev–Trinajstić information content (AvgIpc) is 2.03. The first-order valence-corrected chi connectivity index (χ1v) is 4.91. The average molecular weight is 276 g/mol. The second kappa shape index (κ2) is 3.98. The smallest absolute Gasteiger partial charge is 0.0591 e. The molecule has 2 N–H and O–H groups in total. The van der Waals surface area contributed by atoms with Gasteiger partial charge in [0.05, 0.1) is 22.9 Å². The Morgan fingerprint density at radius 3 is 2.67 bits per heavy atom. The molecule has 0 aliphatic carbocycles. The van der Waals surface area contributed by atoms with Crippen molar-refractivity contribution in [3.8, 4) is 0 Å². The summed E-state index contributed by atoms with van der Waals surface area (Å²) in [7, 11) is 0. The number of aryl methyl sites for hydroxylation is 1. The van der Waals surface area contributed by atoms with Crippen LogP contribution in [0.2, 0.25) is 0 Å². The molecule has 66 valence electrons. The largest absolute Gasteiger partial charge is 0.399 e. The van der Waals surface area contributed by atoms with Gasteiger partial charge in [-0.1, -0.05) is 0 Å². The molecular formula is C9H13IN2. The Morgan fingerprint density at radius 1 is 1.50 bits per heavy atom. The lowest BCUT2D eigenvalue weighted by Gasteiger charge is -2.16. The lowest BCUT2D eigenvalue weighted by molar-refractivity contribution is 1.13. The zero-order valence-corrected chi connectivity index (χ0v) is 9.50. The Labute approximate surface area is 87.2 Å². The third kappa shape index (κ3) is 2.03. The van der Waals surface area contributed by atoms with Crippen molar-refractivity contribution in [1.82, 2.24) is 0 Å². The monoisotopic (exact) mass is 276 g/mol. The Hall–Kier alpha value is -0.450. The van der Waals surface area contributed by atoms with E-state index in [1.165, 1.54) is 11.3 Å². The molecule has 0 radical (unpaired) electrons. The number of nitrogens with zero attached hydrogens (tertiary/aromatic N) is 1. The summed E-state index contributed by atoms with van der Waals surface area (Å²) in [5.74, 6) is 0. The minimum absolute atomic E-state index is 0.831. The molecule has 0 saturated carbocycles. The molecule has 0 saturated heterocycles. The van der Waals surface area contributed by atoms with Gasteiger partial charge in [-0.3, -0.25) is 0 Å². The molecule has 12 heavy (non-hydrogen) atoms.